The summed E-state index contributed by atoms with van der Waals surface area (Å²) in [5.41, 5.74) is 11.7. The van der Waals surface area contributed by atoms with Gasteiger partial charge in [-0.3, -0.25) is 0 Å². The van der Waals surface area contributed by atoms with Gasteiger partial charge in [0.1, 0.15) is 0 Å². The second kappa shape index (κ2) is 15.2. The van der Waals surface area contributed by atoms with Crippen molar-refractivity contribution in [2.45, 2.75) is 12.8 Å². The Bertz CT molecular complexity index is 3250. The molecule has 2 heteroatoms. The molecule has 0 atom stereocenters. The Morgan fingerprint density at radius 1 is 0.300 bits per heavy atom. The van der Waals surface area contributed by atoms with E-state index >= 15 is 0 Å². The molecule has 60 heavy (non-hydrogen) atoms. The zero-order valence-electron chi connectivity index (χ0n) is 33.2. The van der Waals surface area contributed by atoms with Gasteiger partial charge in [0.2, 0.25) is 0 Å². The van der Waals surface area contributed by atoms with Gasteiger partial charge in [0.15, 0.2) is 0 Å². The van der Waals surface area contributed by atoms with Crippen molar-refractivity contribution in [3.05, 3.63) is 236 Å². The highest BCUT2D eigenvalue weighted by atomic mass is 15.2. The van der Waals surface area contributed by atoms with Crippen molar-refractivity contribution in [1.29, 1.82) is 0 Å². The first kappa shape index (κ1) is 35.5. The highest BCUT2D eigenvalue weighted by Gasteiger charge is 2.21. The SMILES string of the molecule is C1=CC(N(c2ccccc2)c2ccc(N(c3ccccc3)c3ccc4c(-c5ccc6ccccc6c5)c5ccccc5c(-c5ccc6ccccc6c5)c4c3)cc2)=CCC1. The molecule has 0 saturated carbocycles. The Morgan fingerprint density at radius 2 is 0.750 bits per heavy atom. The van der Waals surface area contributed by atoms with Gasteiger partial charge in [0.25, 0.3) is 0 Å². The highest BCUT2D eigenvalue weighted by molar-refractivity contribution is 6.22. The van der Waals surface area contributed by atoms with Gasteiger partial charge in [-0.15, -0.1) is 0 Å². The zero-order valence-corrected chi connectivity index (χ0v) is 33.2. The van der Waals surface area contributed by atoms with Crippen molar-refractivity contribution in [3.63, 3.8) is 0 Å². The van der Waals surface area contributed by atoms with E-state index in [0.717, 1.165) is 41.3 Å². The molecular formula is C58H42N2. The van der Waals surface area contributed by atoms with Crippen LogP contribution in [0.2, 0.25) is 0 Å². The van der Waals surface area contributed by atoms with E-state index in [1.165, 1.54) is 71.0 Å². The minimum atomic E-state index is 1.04. The topological polar surface area (TPSA) is 6.48 Å². The van der Waals surface area contributed by atoms with Gasteiger partial charge in [0, 0.05) is 34.1 Å². The van der Waals surface area contributed by atoms with Crippen LogP contribution in [0.4, 0.5) is 28.4 Å². The molecule has 0 unspecified atom stereocenters. The Hall–Kier alpha value is -7.68. The van der Waals surface area contributed by atoms with Crippen molar-refractivity contribution in [2.24, 2.45) is 0 Å². The molecule has 10 aromatic rings. The van der Waals surface area contributed by atoms with Crippen LogP contribution in [-0.4, -0.2) is 0 Å². The van der Waals surface area contributed by atoms with Crippen LogP contribution in [0.1, 0.15) is 12.8 Å². The third-order valence-corrected chi connectivity index (χ3v) is 12.0. The maximum atomic E-state index is 2.42. The van der Waals surface area contributed by atoms with Gasteiger partial charge < -0.3 is 9.80 Å². The van der Waals surface area contributed by atoms with Crippen LogP contribution >= 0.6 is 0 Å². The predicted octanol–water partition coefficient (Wildman–Crippen LogP) is 16.5. The third kappa shape index (κ3) is 6.40. The van der Waals surface area contributed by atoms with E-state index in [1.54, 1.807) is 0 Å². The predicted molar refractivity (Wildman–Crippen MR) is 257 cm³/mol. The maximum Gasteiger partial charge on any atom is 0.0468 e. The van der Waals surface area contributed by atoms with Crippen molar-refractivity contribution < 1.29 is 0 Å². The first-order valence-corrected chi connectivity index (χ1v) is 20.9. The molecule has 0 aliphatic heterocycles. The molecule has 0 heterocycles. The first-order chi connectivity index (χ1) is 29.8. The number of allylic oxidation sites excluding steroid dienone is 3. The van der Waals surface area contributed by atoms with Crippen LogP contribution in [0, 0.1) is 0 Å². The highest BCUT2D eigenvalue weighted by Crippen LogP contribution is 2.47. The average molecular weight is 767 g/mol. The van der Waals surface area contributed by atoms with Crippen LogP contribution in [0.15, 0.2) is 236 Å². The van der Waals surface area contributed by atoms with Crippen LogP contribution in [0.25, 0.3) is 65.3 Å². The summed E-state index contributed by atoms with van der Waals surface area (Å²) in [7, 11) is 0. The van der Waals surface area contributed by atoms with E-state index in [9.17, 15) is 0 Å². The van der Waals surface area contributed by atoms with Gasteiger partial charge in [-0.1, -0.05) is 152 Å². The lowest BCUT2D eigenvalue weighted by molar-refractivity contribution is 0.997. The number of fused-ring (bicyclic) bond motifs is 4. The maximum absolute atomic E-state index is 2.42. The monoisotopic (exact) mass is 766 g/mol. The lowest BCUT2D eigenvalue weighted by atomic mass is 9.85. The van der Waals surface area contributed by atoms with E-state index in [4.69, 9.17) is 0 Å². The summed E-state index contributed by atoms with van der Waals surface area (Å²) in [6.07, 6.45) is 8.98. The van der Waals surface area contributed by atoms with Gasteiger partial charge in [-0.05, 0) is 157 Å². The fraction of sp³-hybridized carbons (Fsp3) is 0.0345. The summed E-state index contributed by atoms with van der Waals surface area (Å²) in [5.74, 6) is 0. The number of para-hydroxylation sites is 2. The van der Waals surface area contributed by atoms with E-state index < -0.39 is 0 Å². The van der Waals surface area contributed by atoms with Crippen LogP contribution in [0.5, 0.6) is 0 Å². The summed E-state index contributed by atoms with van der Waals surface area (Å²) < 4.78 is 0. The second-order valence-electron chi connectivity index (χ2n) is 15.6. The number of hydrogen-bond acceptors (Lipinski definition) is 2. The fourth-order valence-corrected chi connectivity index (χ4v) is 9.18. The largest absolute Gasteiger partial charge is 0.311 e. The van der Waals surface area contributed by atoms with Crippen molar-refractivity contribution in [2.75, 3.05) is 9.80 Å². The van der Waals surface area contributed by atoms with E-state index in [1.807, 2.05) is 0 Å². The van der Waals surface area contributed by atoms with E-state index in [-0.39, 0.29) is 0 Å². The van der Waals surface area contributed by atoms with Crippen molar-refractivity contribution in [1.82, 2.24) is 0 Å². The van der Waals surface area contributed by atoms with Crippen LogP contribution in [0.3, 0.4) is 0 Å². The Kier molecular flexibility index (Phi) is 9.02. The standard InChI is InChI=1S/C58H42N2/c1-4-20-47(21-5-1)59(48-22-6-2-7-23-48)50-32-34-51(35-33-50)60(49-24-8-3-9-25-49)52-36-37-55-56(40-52)58(46-31-29-42-17-11-13-19-44(42)39-46)54-27-15-14-26-53(54)57(55)45-30-28-41-16-10-12-18-43(41)38-45/h1,3-6,8-40H,2,7H2. The normalized spacial score (nSPS) is 12.6. The van der Waals surface area contributed by atoms with Crippen LogP contribution in [-0.2, 0) is 0 Å². The van der Waals surface area contributed by atoms with Gasteiger partial charge in [-0.2, -0.15) is 0 Å². The molecule has 1 aliphatic rings. The lowest BCUT2D eigenvalue weighted by Gasteiger charge is -2.30. The molecule has 10 aromatic carbocycles. The van der Waals surface area contributed by atoms with Crippen molar-refractivity contribution in [3.8, 4) is 22.3 Å². The summed E-state index contributed by atoms with van der Waals surface area (Å²) in [6, 6.07) is 77.7. The molecule has 0 aromatic heterocycles. The molecule has 0 amide bonds. The smallest absolute Gasteiger partial charge is 0.0468 e. The number of benzene rings is 10. The van der Waals surface area contributed by atoms with Gasteiger partial charge in [-0.25, -0.2) is 0 Å². The molecule has 0 bridgehead atoms. The van der Waals surface area contributed by atoms with Gasteiger partial charge >= 0.3 is 0 Å². The molecule has 0 spiro atoms. The Balaban J connectivity index is 1.14. The molecular weight excluding hydrogens is 725 g/mol. The first-order valence-electron chi connectivity index (χ1n) is 20.9. The second-order valence-corrected chi connectivity index (χ2v) is 15.6. The van der Waals surface area contributed by atoms with E-state index in [2.05, 4.69) is 240 Å². The van der Waals surface area contributed by atoms with Crippen molar-refractivity contribution >= 4 is 71.5 Å². The molecule has 11 rings (SSSR count). The fourth-order valence-electron chi connectivity index (χ4n) is 9.18. The molecule has 1 aliphatic carbocycles. The summed E-state index contributed by atoms with van der Waals surface area (Å²) >= 11 is 0. The van der Waals surface area contributed by atoms with Crippen LogP contribution < -0.4 is 9.80 Å². The minimum absolute atomic E-state index is 1.04. The quantitative estimate of drug-likeness (QED) is 0.142. The molecule has 2 nitrogen and oxygen atoms in total. The number of hydrogen-bond donors (Lipinski definition) is 0. The summed E-state index contributed by atoms with van der Waals surface area (Å²) in [5, 5.41) is 9.89. The number of rotatable bonds is 8. The minimum Gasteiger partial charge on any atom is -0.311 e. The Labute approximate surface area is 351 Å². The number of nitrogens with zero attached hydrogens (tertiary/aromatic N) is 2. The summed E-state index contributed by atoms with van der Waals surface area (Å²) in [6.45, 7) is 0. The summed E-state index contributed by atoms with van der Waals surface area (Å²) in [4.78, 5) is 4.75. The molecule has 284 valence electrons. The third-order valence-electron chi connectivity index (χ3n) is 12.0. The van der Waals surface area contributed by atoms with E-state index in [0.29, 0.717) is 0 Å². The lowest BCUT2D eigenvalue weighted by Crippen LogP contribution is -2.16. The molecule has 0 N–H and O–H groups in total. The molecule has 0 fully saturated rings. The zero-order chi connectivity index (χ0) is 39.8. The number of anilines is 5. The average Bonchev–Trinajstić information content (AvgIpc) is 3.32. The molecule has 0 radical (unpaired) electrons. The molecule has 0 saturated heterocycles. The Morgan fingerprint density at radius 3 is 1.32 bits per heavy atom. The van der Waals surface area contributed by atoms with Gasteiger partial charge in [0.05, 0.1) is 0 Å².